The number of thiazole rings is 1. The molecule has 2 aromatic heterocycles. The number of pyridine rings is 1. The van der Waals surface area contributed by atoms with Gasteiger partial charge in [-0.15, -0.1) is 11.3 Å². The molecule has 2 aromatic rings. The van der Waals surface area contributed by atoms with E-state index in [1.165, 1.54) is 18.3 Å². The van der Waals surface area contributed by atoms with Crippen LogP contribution in [0.4, 0.5) is 0 Å². The van der Waals surface area contributed by atoms with Crippen molar-refractivity contribution in [3.63, 3.8) is 0 Å². The molecule has 0 unspecified atom stereocenters. The molecule has 134 valence electrons. The van der Waals surface area contributed by atoms with Crippen LogP contribution in [0.2, 0.25) is 0 Å². The monoisotopic (exact) mass is 432 g/mol. The highest BCUT2D eigenvalue weighted by Crippen LogP contribution is 2.47. The third-order valence-electron chi connectivity index (χ3n) is 4.90. The quantitative estimate of drug-likeness (QED) is 0.665. The molecule has 1 fully saturated rings. The van der Waals surface area contributed by atoms with Crippen molar-refractivity contribution in [3.8, 4) is 10.7 Å². The number of esters is 1. The summed E-state index contributed by atoms with van der Waals surface area (Å²) in [6.45, 7) is 3.32. The molecule has 0 spiro atoms. The Bertz CT molecular complexity index is 933. The number of allylic oxidation sites excluding steroid dienone is 2. The average molecular weight is 433 g/mol. The third kappa shape index (κ3) is 3.03. The molecule has 0 N–H and O–H groups in total. The first kappa shape index (κ1) is 17.5. The molecule has 0 aromatic carbocycles. The molecule has 5 nitrogen and oxygen atoms in total. The van der Waals surface area contributed by atoms with Crippen LogP contribution in [0.25, 0.3) is 16.3 Å². The molecule has 0 radical (unpaired) electrons. The van der Waals surface area contributed by atoms with Crippen molar-refractivity contribution in [2.75, 3.05) is 0 Å². The van der Waals surface area contributed by atoms with Crippen molar-refractivity contribution in [2.45, 2.75) is 33.1 Å². The Labute approximate surface area is 163 Å². The third-order valence-corrected chi connectivity index (χ3v) is 6.36. The van der Waals surface area contributed by atoms with E-state index in [-0.39, 0.29) is 17.6 Å². The van der Waals surface area contributed by atoms with E-state index >= 15 is 0 Å². The second-order valence-electron chi connectivity index (χ2n) is 6.69. The number of aryl methyl sites for hydroxylation is 1. The van der Waals surface area contributed by atoms with Crippen LogP contribution < -0.4 is 0 Å². The number of hydrogen-bond donors (Lipinski definition) is 0. The minimum absolute atomic E-state index is 0.0182. The maximum Gasteiger partial charge on any atom is 0.307 e. The van der Waals surface area contributed by atoms with Crippen molar-refractivity contribution in [3.05, 3.63) is 39.1 Å². The van der Waals surface area contributed by atoms with Crippen LogP contribution in [-0.2, 0) is 14.3 Å². The molecular weight excluding hydrogens is 416 g/mol. The molecule has 2 heterocycles. The zero-order valence-corrected chi connectivity index (χ0v) is 16.8. The molecule has 1 saturated carbocycles. The lowest BCUT2D eigenvalue weighted by atomic mass is 9.85. The summed E-state index contributed by atoms with van der Waals surface area (Å²) in [5, 5.41) is 0.755. The summed E-state index contributed by atoms with van der Waals surface area (Å²) in [7, 11) is 0. The van der Waals surface area contributed by atoms with Gasteiger partial charge in [0.1, 0.15) is 10.8 Å². The standard InChI is InChI=1S/C19H17BrN2O3S/c1-9-16(22-19(26-9)14-6-5-13(20)8-21-14)15-17(24)11-3-4-12(7-11)18(15)25-10(2)23/h5-6,8,11-12H,3-4,7H2,1-2H3/t11-,12+/m0/s1. The van der Waals surface area contributed by atoms with Gasteiger partial charge in [-0.05, 0) is 54.2 Å². The molecule has 2 atom stereocenters. The number of halogens is 1. The molecule has 7 heteroatoms. The van der Waals surface area contributed by atoms with Crippen molar-refractivity contribution in [1.29, 1.82) is 0 Å². The molecule has 2 bridgehead atoms. The van der Waals surface area contributed by atoms with Crippen LogP contribution in [-0.4, -0.2) is 21.7 Å². The number of rotatable bonds is 3. The molecule has 26 heavy (non-hydrogen) atoms. The Balaban J connectivity index is 1.83. The highest BCUT2D eigenvalue weighted by molar-refractivity contribution is 9.10. The number of nitrogens with zero attached hydrogens (tertiary/aromatic N) is 2. The number of ether oxygens (including phenoxy) is 1. The van der Waals surface area contributed by atoms with Crippen molar-refractivity contribution in [1.82, 2.24) is 9.97 Å². The van der Waals surface area contributed by atoms with Gasteiger partial charge in [0, 0.05) is 34.3 Å². The number of ketones is 1. The largest absolute Gasteiger partial charge is 0.430 e. The van der Waals surface area contributed by atoms with Gasteiger partial charge in [-0.3, -0.25) is 14.6 Å². The lowest BCUT2D eigenvalue weighted by molar-refractivity contribution is -0.137. The number of aromatic nitrogens is 2. The van der Waals surface area contributed by atoms with Gasteiger partial charge in [0.2, 0.25) is 0 Å². The Morgan fingerprint density at radius 1 is 1.31 bits per heavy atom. The molecule has 0 saturated heterocycles. The highest BCUT2D eigenvalue weighted by atomic mass is 79.9. The van der Waals surface area contributed by atoms with Gasteiger partial charge in [-0.2, -0.15) is 0 Å². The topological polar surface area (TPSA) is 69.2 Å². The number of carbonyl (C=O) groups excluding carboxylic acids is 2. The van der Waals surface area contributed by atoms with Crippen molar-refractivity contribution in [2.24, 2.45) is 11.8 Å². The second-order valence-corrected chi connectivity index (χ2v) is 8.81. The van der Waals surface area contributed by atoms with Gasteiger partial charge >= 0.3 is 5.97 Å². The lowest BCUT2D eigenvalue weighted by Gasteiger charge is -2.23. The first-order chi connectivity index (χ1) is 12.4. The zero-order chi connectivity index (χ0) is 18.4. The SMILES string of the molecule is CC(=O)OC1=C(c2nc(-c3ccc(Br)cn3)sc2C)C(=O)[C@H]2CC[C@@H]1C2. The minimum Gasteiger partial charge on any atom is -0.430 e. The fourth-order valence-electron chi connectivity index (χ4n) is 3.75. The summed E-state index contributed by atoms with van der Waals surface area (Å²) in [5.74, 6) is 0.327. The molecular formula is C19H17BrN2O3S. The number of hydrogen-bond acceptors (Lipinski definition) is 6. The van der Waals surface area contributed by atoms with E-state index in [0.717, 1.165) is 39.3 Å². The van der Waals surface area contributed by atoms with E-state index in [1.54, 1.807) is 6.20 Å². The van der Waals surface area contributed by atoms with E-state index in [1.807, 2.05) is 19.1 Å². The van der Waals surface area contributed by atoms with Gasteiger partial charge in [-0.1, -0.05) is 0 Å². The van der Waals surface area contributed by atoms with Crippen LogP contribution in [0.3, 0.4) is 0 Å². The van der Waals surface area contributed by atoms with Gasteiger partial charge in [0.15, 0.2) is 5.78 Å². The van der Waals surface area contributed by atoms with Gasteiger partial charge in [-0.25, -0.2) is 4.98 Å². The Morgan fingerprint density at radius 3 is 2.77 bits per heavy atom. The van der Waals surface area contributed by atoms with E-state index < -0.39 is 5.97 Å². The van der Waals surface area contributed by atoms with E-state index in [0.29, 0.717) is 17.0 Å². The summed E-state index contributed by atoms with van der Waals surface area (Å²) in [6, 6.07) is 3.80. The number of Topliss-reactive ketones (excluding diaryl/α,β-unsaturated/α-hetero) is 1. The molecule has 4 rings (SSSR count). The van der Waals surface area contributed by atoms with Crippen LogP contribution in [0, 0.1) is 18.8 Å². The fourth-order valence-corrected chi connectivity index (χ4v) is 4.88. The normalized spacial score (nSPS) is 22.0. The predicted molar refractivity (Wildman–Crippen MR) is 102 cm³/mol. The summed E-state index contributed by atoms with van der Waals surface area (Å²) in [4.78, 5) is 34.7. The molecule has 0 amide bonds. The summed E-state index contributed by atoms with van der Waals surface area (Å²) >= 11 is 4.88. The minimum atomic E-state index is -0.390. The van der Waals surface area contributed by atoms with Gasteiger partial charge in [0.25, 0.3) is 0 Å². The number of carbonyl (C=O) groups is 2. The number of fused-ring (bicyclic) bond motifs is 2. The van der Waals surface area contributed by atoms with E-state index in [2.05, 4.69) is 20.9 Å². The van der Waals surface area contributed by atoms with Crippen LogP contribution in [0.5, 0.6) is 0 Å². The molecule has 2 aliphatic rings. The first-order valence-corrected chi connectivity index (χ1v) is 10.1. The Morgan fingerprint density at radius 2 is 2.08 bits per heavy atom. The maximum atomic E-state index is 13.0. The fraction of sp³-hybridized carbons (Fsp3) is 0.368. The smallest absolute Gasteiger partial charge is 0.307 e. The molecule has 2 aliphatic carbocycles. The van der Waals surface area contributed by atoms with Crippen molar-refractivity contribution < 1.29 is 14.3 Å². The van der Waals surface area contributed by atoms with Crippen LogP contribution in [0.1, 0.15) is 36.8 Å². The van der Waals surface area contributed by atoms with Crippen LogP contribution >= 0.6 is 27.3 Å². The second kappa shape index (κ2) is 6.70. The Hall–Kier alpha value is -1.86. The highest BCUT2D eigenvalue weighted by Gasteiger charge is 2.44. The first-order valence-electron chi connectivity index (χ1n) is 8.50. The average Bonchev–Trinajstić information content (AvgIpc) is 3.19. The summed E-state index contributed by atoms with van der Waals surface area (Å²) in [6.07, 6.45) is 4.23. The zero-order valence-electron chi connectivity index (χ0n) is 14.4. The summed E-state index contributed by atoms with van der Waals surface area (Å²) < 4.78 is 6.40. The lowest BCUT2D eigenvalue weighted by Crippen LogP contribution is -2.24. The predicted octanol–water partition coefficient (Wildman–Crippen LogP) is 4.55. The van der Waals surface area contributed by atoms with Crippen LogP contribution in [0.15, 0.2) is 28.6 Å². The molecule has 0 aliphatic heterocycles. The maximum absolute atomic E-state index is 13.0. The van der Waals surface area contributed by atoms with Gasteiger partial charge < -0.3 is 4.74 Å². The van der Waals surface area contributed by atoms with E-state index in [4.69, 9.17) is 9.72 Å². The summed E-state index contributed by atoms with van der Waals surface area (Å²) in [5.41, 5.74) is 1.89. The Kier molecular flexibility index (Phi) is 4.52. The van der Waals surface area contributed by atoms with E-state index in [9.17, 15) is 9.59 Å². The van der Waals surface area contributed by atoms with Crippen molar-refractivity contribution >= 4 is 44.6 Å². The van der Waals surface area contributed by atoms with Gasteiger partial charge in [0.05, 0.1) is 17.0 Å².